The molecule has 0 N–H and O–H groups in total. The largest absolute Gasteiger partial charge is 0.416 e. The molecule has 1 heterocycles. The summed E-state index contributed by atoms with van der Waals surface area (Å²) in [6.07, 6.45) is -4.90. The number of hydrogen-bond donors (Lipinski definition) is 0. The zero-order valence-electron chi connectivity index (χ0n) is 14.4. The third-order valence-corrected chi connectivity index (χ3v) is 4.41. The van der Waals surface area contributed by atoms with Gasteiger partial charge in [-0.25, -0.2) is 0 Å². The summed E-state index contributed by atoms with van der Waals surface area (Å²) >= 11 is 0. The van der Waals surface area contributed by atoms with Crippen LogP contribution in [0.15, 0.2) is 54.6 Å². The minimum absolute atomic E-state index is 0.440. The summed E-state index contributed by atoms with van der Waals surface area (Å²) in [5.74, 6) is 0. The molecule has 1 fully saturated rings. The third kappa shape index (κ3) is 5.06. The van der Waals surface area contributed by atoms with Crippen molar-refractivity contribution in [1.29, 1.82) is 0 Å². The molecule has 2 aromatic rings. The highest BCUT2D eigenvalue weighted by molar-refractivity contribution is 5.34. The topological polar surface area (TPSA) is 21.7 Å². The predicted octanol–water partition coefficient (Wildman–Crippen LogP) is 4.14. The predicted molar refractivity (Wildman–Crippen MR) is 92.9 cm³/mol. The highest BCUT2D eigenvalue weighted by Crippen LogP contribution is 2.33. The molecule has 1 atom stereocenters. The normalized spacial score (nSPS) is 17.2. The second kappa shape index (κ2) is 8.66. The first kappa shape index (κ1) is 18.9. The van der Waals surface area contributed by atoms with Crippen LogP contribution in [0, 0.1) is 0 Å². The van der Waals surface area contributed by atoms with Gasteiger partial charge < -0.3 is 9.47 Å². The number of benzene rings is 2. The van der Waals surface area contributed by atoms with Crippen molar-refractivity contribution in [3.8, 4) is 0 Å². The van der Waals surface area contributed by atoms with E-state index in [1.165, 1.54) is 12.1 Å². The van der Waals surface area contributed by atoms with Crippen molar-refractivity contribution < 1.29 is 22.6 Å². The van der Waals surface area contributed by atoms with E-state index in [4.69, 9.17) is 9.47 Å². The number of hydrogen-bond acceptors (Lipinski definition) is 3. The number of alkyl halides is 3. The maximum atomic E-state index is 13.1. The van der Waals surface area contributed by atoms with Gasteiger partial charge in [0.15, 0.2) is 0 Å². The Hall–Kier alpha value is -1.89. The van der Waals surface area contributed by atoms with Gasteiger partial charge in [0, 0.05) is 19.6 Å². The number of nitrogens with zero attached hydrogens (tertiary/aromatic N) is 1. The Bertz CT molecular complexity index is 685. The standard InChI is InChI=1S/C20H22F3NO2/c21-20(22,23)18-8-4-7-17(15-18)19(16-5-2-1-3-6-16)26-14-11-24-9-12-25-13-10-24/h1-8,15,19H,9-14H2. The van der Waals surface area contributed by atoms with E-state index in [0.717, 1.165) is 31.3 Å². The fourth-order valence-corrected chi connectivity index (χ4v) is 3.02. The summed E-state index contributed by atoms with van der Waals surface area (Å²) in [5, 5.41) is 0. The van der Waals surface area contributed by atoms with Crippen molar-refractivity contribution in [3.05, 3.63) is 71.3 Å². The SMILES string of the molecule is FC(F)(F)c1cccc(C(OCCN2CCOCC2)c2ccccc2)c1. The molecule has 1 aliphatic rings. The molecule has 0 spiro atoms. The summed E-state index contributed by atoms with van der Waals surface area (Å²) in [4.78, 5) is 2.23. The lowest BCUT2D eigenvalue weighted by Gasteiger charge is -2.27. The third-order valence-electron chi connectivity index (χ3n) is 4.41. The average Bonchev–Trinajstić information content (AvgIpc) is 2.66. The molecular formula is C20H22F3NO2. The Morgan fingerprint density at radius 2 is 1.65 bits per heavy atom. The monoisotopic (exact) mass is 365 g/mol. The van der Waals surface area contributed by atoms with Crippen LogP contribution in [-0.2, 0) is 15.7 Å². The molecule has 0 amide bonds. The van der Waals surface area contributed by atoms with Crippen LogP contribution in [0.3, 0.4) is 0 Å². The highest BCUT2D eigenvalue weighted by atomic mass is 19.4. The molecule has 0 bridgehead atoms. The van der Waals surface area contributed by atoms with E-state index >= 15 is 0 Å². The molecule has 1 aliphatic heterocycles. The van der Waals surface area contributed by atoms with Gasteiger partial charge in [0.2, 0.25) is 0 Å². The van der Waals surface area contributed by atoms with Gasteiger partial charge in [-0.2, -0.15) is 13.2 Å². The van der Waals surface area contributed by atoms with Gasteiger partial charge in [-0.1, -0.05) is 42.5 Å². The lowest BCUT2D eigenvalue weighted by Crippen LogP contribution is -2.38. The van der Waals surface area contributed by atoms with Gasteiger partial charge in [0.25, 0.3) is 0 Å². The molecule has 0 aromatic heterocycles. The summed E-state index contributed by atoms with van der Waals surface area (Å²) in [6, 6.07) is 14.7. The maximum Gasteiger partial charge on any atom is 0.416 e. The fraction of sp³-hybridized carbons (Fsp3) is 0.400. The van der Waals surface area contributed by atoms with Gasteiger partial charge >= 0.3 is 6.18 Å². The average molecular weight is 365 g/mol. The van der Waals surface area contributed by atoms with Gasteiger partial charge in [-0.15, -0.1) is 0 Å². The Morgan fingerprint density at radius 1 is 0.962 bits per heavy atom. The molecule has 1 unspecified atom stereocenters. The molecular weight excluding hydrogens is 343 g/mol. The van der Waals surface area contributed by atoms with Gasteiger partial charge in [-0.3, -0.25) is 4.90 Å². The van der Waals surface area contributed by atoms with Crippen molar-refractivity contribution in [2.24, 2.45) is 0 Å². The fourth-order valence-electron chi connectivity index (χ4n) is 3.02. The second-order valence-electron chi connectivity index (χ2n) is 6.24. The first-order valence-electron chi connectivity index (χ1n) is 8.68. The van der Waals surface area contributed by atoms with Crippen LogP contribution in [0.1, 0.15) is 22.8 Å². The van der Waals surface area contributed by atoms with Gasteiger partial charge in [0.1, 0.15) is 6.10 Å². The van der Waals surface area contributed by atoms with Crippen LogP contribution >= 0.6 is 0 Å². The molecule has 3 rings (SSSR count). The van der Waals surface area contributed by atoms with Crippen LogP contribution < -0.4 is 0 Å². The highest BCUT2D eigenvalue weighted by Gasteiger charge is 2.31. The Balaban J connectivity index is 1.75. The van der Waals surface area contributed by atoms with Crippen molar-refractivity contribution >= 4 is 0 Å². The molecule has 6 heteroatoms. The first-order chi connectivity index (χ1) is 12.5. The van der Waals surface area contributed by atoms with E-state index < -0.39 is 17.8 Å². The number of ether oxygens (including phenoxy) is 2. The summed E-state index contributed by atoms with van der Waals surface area (Å²) < 4.78 is 50.6. The minimum Gasteiger partial charge on any atom is -0.379 e. The van der Waals surface area contributed by atoms with Crippen molar-refractivity contribution in [2.75, 3.05) is 39.5 Å². The van der Waals surface area contributed by atoms with Gasteiger partial charge in [0.05, 0.1) is 25.4 Å². The van der Waals surface area contributed by atoms with Crippen molar-refractivity contribution in [3.63, 3.8) is 0 Å². The maximum absolute atomic E-state index is 13.1. The number of halogens is 3. The van der Waals surface area contributed by atoms with E-state index in [9.17, 15) is 13.2 Å². The molecule has 1 saturated heterocycles. The Kier molecular flexibility index (Phi) is 6.29. The second-order valence-corrected chi connectivity index (χ2v) is 6.24. The van der Waals surface area contributed by atoms with Crippen LogP contribution in [0.2, 0.25) is 0 Å². The van der Waals surface area contributed by atoms with Crippen molar-refractivity contribution in [1.82, 2.24) is 4.90 Å². The molecule has 0 aliphatic carbocycles. The van der Waals surface area contributed by atoms with Crippen LogP contribution in [0.5, 0.6) is 0 Å². The van der Waals surface area contributed by atoms with Crippen LogP contribution in [0.25, 0.3) is 0 Å². The van der Waals surface area contributed by atoms with E-state index in [1.807, 2.05) is 30.3 Å². The minimum atomic E-state index is -4.37. The van der Waals surface area contributed by atoms with Crippen LogP contribution in [0.4, 0.5) is 13.2 Å². The number of morpholine rings is 1. The van der Waals surface area contributed by atoms with E-state index in [1.54, 1.807) is 6.07 Å². The number of rotatable bonds is 6. The molecule has 26 heavy (non-hydrogen) atoms. The zero-order valence-corrected chi connectivity index (χ0v) is 14.4. The van der Waals surface area contributed by atoms with E-state index in [2.05, 4.69) is 4.90 Å². The molecule has 0 radical (unpaired) electrons. The molecule has 3 nitrogen and oxygen atoms in total. The van der Waals surface area contributed by atoms with E-state index in [0.29, 0.717) is 25.4 Å². The quantitative estimate of drug-likeness (QED) is 0.768. The molecule has 2 aromatic carbocycles. The first-order valence-corrected chi connectivity index (χ1v) is 8.68. The summed E-state index contributed by atoms with van der Waals surface area (Å²) in [6.45, 7) is 4.28. The lowest BCUT2D eigenvalue weighted by atomic mass is 9.99. The van der Waals surface area contributed by atoms with Crippen LogP contribution in [-0.4, -0.2) is 44.4 Å². The van der Waals surface area contributed by atoms with E-state index in [-0.39, 0.29) is 0 Å². The summed E-state index contributed by atoms with van der Waals surface area (Å²) in [5.41, 5.74) is 0.689. The van der Waals surface area contributed by atoms with Crippen molar-refractivity contribution in [2.45, 2.75) is 12.3 Å². The lowest BCUT2D eigenvalue weighted by molar-refractivity contribution is -0.137. The zero-order chi connectivity index (χ0) is 18.4. The smallest absolute Gasteiger partial charge is 0.379 e. The van der Waals surface area contributed by atoms with Gasteiger partial charge in [-0.05, 0) is 23.3 Å². The molecule has 140 valence electrons. The Labute approximate surface area is 151 Å². The summed E-state index contributed by atoms with van der Waals surface area (Å²) in [7, 11) is 0. The Morgan fingerprint density at radius 3 is 2.35 bits per heavy atom. The molecule has 0 saturated carbocycles.